The lowest BCUT2D eigenvalue weighted by atomic mass is 9.80. The Labute approximate surface area is 89.4 Å². The van der Waals surface area contributed by atoms with Crippen molar-refractivity contribution in [1.29, 1.82) is 0 Å². The summed E-state index contributed by atoms with van der Waals surface area (Å²) in [6, 6.07) is 0.292. The lowest BCUT2D eigenvalue weighted by Gasteiger charge is -2.31. The number of halogens is 3. The van der Waals surface area contributed by atoms with Crippen LogP contribution in [-0.4, -0.2) is 31.0 Å². The van der Waals surface area contributed by atoms with Gasteiger partial charge in [0, 0.05) is 6.04 Å². The van der Waals surface area contributed by atoms with Gasteiger partial charge in [0.15, 0.2) is 0 Å². The lowest BCUT2D eigenvalue weighted by Crippen LogP contribution is -2.38. The summed E-state index contributed by atoms with van der Waals surface area (Å²) in [5.41, 5.74) is -0.567. The molecule has 5 heteroatoms. The van der Waals surface area contributed by atoms with Crippen LogP contribution in [0.5, 0.6) is 0 Å². The van der Waals surface area contributed by atoms with Crippen molar-refractivity contribution in [3.05, 3.63) is 12.1 Å². The second-order valence-electron chi connectivity index (χ2n) is 4.66. The highest BCUT2D eigenvalue weighted by Crippen LogP contribution is 2.27. The summed E-state index contributed by atoms with van der Waals surface area (Å²) < 4.78 is 37.1. The van der Waals surface area contributed by atoms with Crippen molar-refractivity contribution >= 4 is 6.98 Å². The number of rotatable bonds is 4. The predicted octanol–water partition coefficient (Wildman–Crippen LogP) is 3.05. The van der Waals surface area contributed by atoms with Gasteiger partial charge in [-0.25, -0.2) is 0 Å². The first-order valence-corrected chi connectivity index (χ1v) is 5.44. The summed E-state index contributed by atoms with van der Waals surface area (Å²) in [7, 11) is 0. The highest BCUT2D eigenvalue weighted by atomic mass is 19.4. The molecule has 1 rings (SSSR count). The van der Waals surface area contributed by atoms with Crippen molar-refractivity contribution in [1.82, 2.24) is 4.90 Å². The van der Waals surface area contributed by atoms with E-state index in [2.05, 4.69) is 20.4 Å². The minimum absolute atomic E-state index is 0.00759. The molecule has 1 heterocycles. The maximum Gasteiger partial charge on any atom is 0.506 e. The molecule has 1 fully saturated rings. The highest BCUT2D eigenvalue weighted by molar-refractivity contribution is 6.66. The molecule has 0 radical (unpaired) electrons. The van der Waals surface area contributed by atoms with Crippen molar-refractivity contribution in [2.45, 2.75) is 32.7 Å². The number of nitrogens with zero attached hydrogens (tertiary/aromatic N) is 1. The van der Waals surface area contributed by atoms with E-state index in [4.69, 9.17) is 0 Å². The molecule has 0 saturated carbocycles. The molecule has 88 valence electrons. The zero-order valence-electron chi connectivity index (χ0n) is 9.35. The molecule has 1 unspecified atom stereocenters. The normalized spacial score (nSPS) is 23.7. The van der Waals surface area contributed by atoms with Crippen LogP contribution >= 0.6 is 0 Å². The summed E-state index contributed by atoms with van der Waals surface area (Å²) in [5, 5.41) is 0. The fraction of sp³-hybridized carbons (Fsp3) is 0.800. The SMILES string of the molecule is C=C(CN1CCCC1C(C)C)[B-](F)(F)F. The summed E-state index contributed by atoms with van der Waals surface area (Å²) in [4.78, 5) is 1.92. The molecule has 0 aromatic carbocycles. The van der Waals surface area contributed by atoms with E-state index in [-0.39, 0.29) is 6.54 Å². The van der Waals surface area contributed by atoms with Gasteiger partial charge in [-0.05, 0) is 31.8 Å². The van der Waals surface area contributed by atoms with Gasteiger partial charge < -0.3 is 12.9 Å². The van der Waals surface area contributed by atoms with E-state index < -0.39 is 12.4 Å². The Balaban J connectivity index is 2.55. The molecule has 0 spiro atoms. The molecule has 15 heavy (non-hydrogen) atoms. The monoisotopic (exact) mass is 220 g/mol. The standard InChI is InChI=1S/C10H18BF3N/c1-8(2)10-5-4-6-15(10)7-9(3)11(12,13)14/h8,10H,3-7H2,1-2H3/q-1. The van der Waals surface area contributed by atoms with Crippen molar-refractivity contribution in [2.24, 2.45) is 5.92 Å². The third kappa shape index (κ3) is 3.26. The first-order valence-electron chi connectivity index (χ1n) is 5.44. The number of hydrogen-bond acceptors (Lipinski definition) is 1. The van der Waals surface area contributed by atoms with E-state index in [0.717, 1.165) is 19.4 Å². The topological polar surface area (TPSA) is 3.24 Å². The van der Waals surface area contributed by atoms with E-state index in [1.165, 1.54) is 0 Å². The molecule has 0 amide bonds. The van der Waals surface area contributed by atoms with Crippen molar-refractivity contribution in [3.63, 3.8) is 0 Å². The molecular weight excluding hydrogens is 202 g/mol. The Bertz CT molecular complexity index is 237. The van der Waals surface area contributed by atoms with Gasteiger partial charge >= 0.3 is 6.98 Å². The summed E-state index contributed by atoms with van der Waals surface area (Å²) in [6.45, 7) is 3.16. The third-order valence-corrected chi connectivity index (χ3v) is 3.05. The van der Waals surface area contributed by atoms with E-state index in [1.54, 1.807) is 0 Å². The second kappa shape index (κ2) is 4.60. The fourth-order valence-electron chi connectivity index (χ4n) is 2.17. The minimum Gasteiger partial charge on any atom is -0.445 e. The molecule has 0 aromatic rings. The van der Waals surface area contributed by atoms with Crippen LogP contribution in [0.15, 0.2) is 12.1 Å². The molecule has 0 N–H and O–H groups in total. The van der Waals surface area contributed by atoms with Crippen LogP contribution in [0.1, 0.15) is 26.7 Å². The Morgan fingerprint density at radius 1 is 1.47 bits per heavy atom. The van der Waals surface area contributed by atoms with Crippen LogP contribution in [0, 0.1) is 5.92 Å². The minimum atomic E-state index is -4.87. The smallest absolute Gasteiger partial charge is 0.445 e. The largest absolute Gasteiger partial charge is 0.506 e. The molecule has 1 atom stereocenters. The van der Waals surface area contributed by atoms with Crippen LogP contribution in [0.2, 0.25) is 0 Å². The van der Waals surface area contributed by atoms with E-state index in [1.807, 2.05) is 4.90 Å². The maximum absolute atomic E-state index is 12.4. The van der Waals surface area contributed by atoms with Gasteiger partial charge in [0.1, 0.15) is 0 Å². The van der Waals surface area contributed by atoms with Crippen molar-refractivity contribution < 1.29 is 12.9 Å². The quantitative estimate of drug-likeness (QED) is 0.658. The Morgan fingerprint density at radius 3 is 2.53 bits per heavy atom. The molecule has 1 aliphatic rings. The number of likely N-dealkylation sites (tertiary alicyclic amines) is 1. The number of hydrogen-bond donors (Lipinski definition) is 0. The predicted molar refractivity (Wildman–Crippen MR) is 57.7 cm³/mol. The Hall–Kier alpha value is -0.445. The van der Waals surface area contributed by atoms with Crippen LogP contribution in [0.4, 0.5) is 12.9 Å². The van der Waals surface area contributed by atoms with Gasteiger partial charge in [0.25, 0.3) is 0 Å². The molecule has 1 saturated heterocycles. The second-order valence-corrected chi connectivity index (χ2v) is 4.66. The zero-order chi connectivity index (χ0) is 11.6. The zero-order valence-corrected chi connectivity index (χ0v) is 9.35. The molecule has 1 aliphatic heterocycles. The summed E-state index contributed by atoms with van der Waals surface area (Å²) in [5.74, 6) is 0.418. The van der Waals surface area contributed by atoms with Gasteiger partial charge in [-0.3, -0.25) is 4.90 Å². The first kappa shape index (κ1) is 12.6. The van der Waals surface area contributed by atoms with Crippen LogP contribution in [0.25, 0.3) is 0 Å². The van der Waals surface area contributed by atoms with Gasteiger partial charge in [0.05, 0.1) is 0 Å². The van der Waals surface area contributed by atoms with Gasteiger partial charge in [-0.1, -0.05) is 13.8 Å². The van der Waals surface area contributed by atoms with Crippen molar-refractivity contribution in [3.8, 4) is 0 Å². The van der Waals surface area contributed by atoms with Gasteiger partial charge in [-0.15, -0.1) is 12.1 Å². The van der Waals surface area contributed by atoms with E-state index in [9.17, 15) is 12.9 Å². The van der Waals surface area contributed by atoms with E-state index in [0.29, 0.717) is 12.0 Å². The Kier molecular flexibility index (Phi) is 3.87. The van der Waals surface area contributed by atoms with Crippen LogP contribution in [-0.2, 0) is 0 Å². The highest BCUT2D eigenvalue weighted by Gasteiger charge is 2.32. The lowest BCUT2D eigenvalue weighted by molar-refractivity contribution is 0.222. The molecular formula is C10H18BF3N-. The molecule has 0 bridgehead atoms. The van der Waals surface area contributed by atoms with Gasteiger partial charge in [0.2, 0.25) is 0 Å². The summed E-state index contributed by atoms with van der Waals surface area (Å²) >= 11 is 0. The van der Waals surface area contributed by atoms with Crippen LogP contribution < -0.4 is 0 Å². The average Bonchev–Trinajstić information content (AvgIpc) is 2.50. The maximum atomic E-state index is 12.4. The molecule has 1 nitrogen and oxygen atoms in total. The van der Waals surface area contributed by atoms with Crippen LogP contribution in [0.3, 0.4) is 0 Å². The fourth-order valence-corrected chi connectivity index (χ4v) is 2.17. The Morgan fingerprint density at radius 2 is 2.07 bits per heavy atom. The third-order valence-electron chi connectivity index (χ3n) is 3.05. The van der Waals surface area contributed by atoms with Crippen molar-refractivity contribution in [2.75, 3.05) is 13.1 Å². The summed E-state index contributed by atoms with van der Waals surface area (Å²) in [6.07, 6.45) is 2.01. The van der Waals surface area contributed by atoms with Gasteiger partial charge in [-0.2, -0.15) is 0 Å². The first-order chi connectivity index (χ1) is 6.82. The van der Waals surface area contributed by atoms with E-state index >= 15 is 0 Å². The molecule has 0 aliphatic carbocycles. The molecule has 0 aromatic heterocycles. The average molecular weight is 220 g/mol.